The van der Waals surface area contributed by atoms with Crippen LogP contribution in [0.2, 0.25) is 0 Å². The third-order valence-corrected chi connectivity index (χ3v) is 9.40. The molecule has 2 saturated carbocycles. The Morgan fingerprint density at radius 1 is 1.00 bits per heavy atom. The lowest BCUT2D eigenvalue weighted by atomic mass is 9.65. The fourth-order valence-corrected chi connectivity index (χ4v) is 7.30. The minimum absolute atomic E-state index is 0.0234. The fourth-order valence-electron chi connectivity index (χ4n) is 7.30. The Bertz CT molecular complexity index is 843. The largest absolute Gasteiger partial charge is 0.444 e. The first-order valence-corrected chi connectivity index (χ1v) is 14.7. The van der Waals surface area contributed by atoms with Crippen molar-refractivity contribution >= 4 is 17.9 Å². The molecule has 2 heterocycles. The predicted molar refractivity (Wildman–Crippen MR) is 142 cm³/mol. The van der Waals surface area contributed by atoms with Gasteiger partial charge in [0.05, 0.1) is 12.1 Å². The molecule has 3 amide bonds. The molecule has 0 aromatic rings. The van der Waals surface area contributed by atoms with Crippen LogP contribution in [0.25, 0.3) is 0 Å². The summed E-state index contributed by atoms with van der Waals surface area (Å²) in [5.41, 5.74) is -1.99. The quantitative estimate of drug-likeness (QED) is 0.588. The van der Waals surface area contributed by atoms with E-state index in [2.05, 4.69) is 6.92 Å². The van der Waals surface area contributed by atoms with E-state index in [-0.39, 0.29) is 36.2 Å². The molecular formula is C29H49N3O5. The number of β-amino-alcohol motifs (C(OH)–C–C–N with tert-alkyl or cyclic N) is 1. The lowest BCUT2D eigenvalue weighted by Crippen LogP contribution is -2.66. The van der Waals surface area contributed by atoms with E-state index in [1.807, 2.05) is 25.7 Å². The van der Waals surface area contributed by atoms with Crippen LogP contribution in [0.5, 0.6) is 0 Å². The molecule has 0 aromatic heterocycles. The van der Waals surface area contributed by atoms with E-state index in [1.54, 1.807) is 4.90 Å². The van der Waals surface area contributed by atoms with E-state index < -0.39 is 17.3 Å². The van der Waals surface area contributed by atoms with Gasteiger partial charge >= 0.3 is 6.09 Å². The number of piperazine rings is 1. The normalized spacial score (nSPS) is 28.0. The molecule has 4 fully saturated rings. The average Bonchev–Trinajstić information content (AvgIpc) is 3.31. The molecule has 0 bridgehead atoms. The number of hydrogen-bond donors (Lipinski definition) is 1. The number of nitrogens with zero attached hydrogens (tertiary/aromatic N) is 3. The Labute approximate surface area is 223 Å². The molecule has 8 heteroatoms. The zero-order valence-electron chi connectivity index (χ0n) is 23.6. The topological polar surface area (TPSA) is 90.4 Å². The first kappa shape index (κ1) is 28.2. The van der Waals surface area contributed by atoms with Gasteiger partial charge in [0.25, 0.3) is 0 Å². The summed E-state index contributed by atoms with van der Waals surface area (Å²) in [5, 5.41) is 12.1. The van der Waals surface area contributed by atoms with E-state index in [1.165, 1.54) is 37.0 Å². The lowest BCUT2D eigenvalue weighted by molar-refractivity contribution is -0.171. The summed E-state index contributed by atoms with van der Waals surface area (Å²) >= 11 is 0. The van der Waals surface area contributed by atoms with E-state index >= 15 is 0 Å². The van der Waals surface area contributed by atoms with E-state index in [4.69, 9.17) is 4.74 Å². The van der Waals surface area contributed by atoms with Crippen LogP contribution in [-0.4, -0.2) is 88.2 Å². The van der Waals surface area contributed by atoms with E-state index in [9.17, 15) is 19.5 Å². The van der Waals surface area contributed by atoms with Gasteiger partial charge in [0, 0.05) is 37.5 Å². The maximum absolute atomic E-state index is 13.5. The molecule has 1 spiro atoms. The van der Waals surface area contributed by atoms with Crippen LogP contribution in [0.4, 0.5) is 4.79 Å². The number of rotatable bonds is 5. The summed E-state index contributed by atoms with van der Waals surface area (Å²) in [6.07, 6.45) is 11.2. The fraction of sp³-hybridized carbons (Fsp3) is 0.897. The first-order valence-electron chi connectivity index (χ1n) is 14.7. The zero-order valence-corrected chi connectivity index (χ0v) is 23.6. The molecule has 1 N–H and O–H groups in total. The zero-order chi connectivity index (χ0) is 26.8. The molecule has 2 saturated heterocycles. The Morgan fingerprint density at radius 3 is 2.30 bits per heavy atom. The van der Waals surface area contributed by atoms with E-state index in [0.717, 1.165) is 32.1 Å². The third-order valence-electron chi connectivity index (χ3n) is 9.40. The molecule has 2 aliphatic carbocycles. The van der Waals surface area contributed by atoms with Gasteiger partial charge in [0.1, 0.15) is 12.1 Å². The first-order chi connectivity index (χ1) is 17.4. The predicted octanol–water partition coefficient (Wildman–Crippen LogP) is 4.20. The molecular weight excluding hydrogens is 470 g/mol. The second kappa shape index (κ2) is 11.1. The van der Waals surface area contributed by atoms with Crippen molar-refractivity contribution in [3.8, 4) is 0 Å². The van der Waals surface area contributed by atoms with Gasteiger partial charge in [-0.05, 0) is 52.4 Å². The molecule has 37 heavy (non-hydrogen) atoms. The average molecular weight is 520 g/mol. The van der Waals surface area contributed by atoms with Crippen LogP contribution in [0.3, 0.4) is 0 Å². The monoisotopic (exact) mass is 519 g/mol. The summed E-state index contributed by atoms with van der Waals surface area (Å²) in [6, 6.07) is 0. The number of carbonyl (C=O) groups excluding carboxylic acids is 3. The molecule has 8 nitrogen and oxygen atoms in total. The second-order valence-corrected chi connectivity index (χ2v) is 13.4. The van der Waals surface area contributed by atoms with Crippen LogP contribution in [0.1, 0.15) is 98.3 Å². The highest BCUT2D eigenvalue weighted by Gasteiger charge is 2.56. The Balaban J connectivity index is 1.38. The molecule has 210 valence electrons. The van der Waals surface area contributed by atoms with Crippen LogP contribution in [0.15, 0.2) is 0 Å². The number of likely N-dealkylation sites (tertiary alicyclic amines) is 1. The van der Waals surface area contributed by atoms with Crippen LogP contribution in [-0.2, 0) is 14.3 Å². The van der Waals surface area contributed by atoms with Crippen molar-refractivity contribution in [2.24, 2.45) is 17.3 Å². The number of amides is 3. The molecule has 2 unspecified atom stereocenters. The van der Waals surface area contributed by atoms with Crippen molar-refractivity contribution in [1.82, 2.24) is 14.7 Å². The Hall–Kier alpha value is -1.83. The van der Waals surface area contributed by atoms with Gasteiger partial charge in [0.15, 0.2) is 0 Å². The summed E-state index contributed by atoms with van der Waals surface area (Å²) < 4.78 is 5.44. The van der Waals surface area contributed by atoms with Crippen molar-refractivity contribution in [2.75, 3.05) is 39.3 Å². The standard InChI is InChI=1S/C29H49N3O5/c1-22(18-23-10-6-5-7-11-23)25(34)32-15-14-29(36,28(20-32)12-8-9-13-28)21-31-17-16-30(19-24(31)33)26(35)37-27(2,3)4/h22-23,36H,5-21H2,1-4H3. The van der Waals surface area contributed by atoms with Crippen molar-refractivity contribution in [2.45, 2.75) is 110 Å². The summed E-state index contributed by atoms with van der Waals surface area (Å²) in [6.45, 7) is 9.68. The number of piperidine rings is 1. The smallest absolute Gasteiger partial charge is 0.410 e. The molecule has 4 rings (SSSR count). The summed E-state index contributed by atoms with van der Waals surface area (Å²) in [5.74, 6) is 0.773. The van der Waals surface area contributed by atoms with Gasteiger partial charge in [-0.15, -0.1) is 0 Å². The minimum atomic E-state index is -1.02. The van der Waals surface area contributed by atoms with E-state index in [0.29, 0.717) is 38.5 Å². The van der Waals surface area contributed by atoms with Crippen molar-refractivity contribution in [3.05, 3.63) is 0 Å². The van der Waals surface area contributed by atoms with Crippen LogP contribution in [0, 0.1) is 17.3 Å². The SMILES string of the molecule is CC(CC1CCCCC1)C(=O)N1CCC(O)(CN2CCN(C(=O)OC(C)(C)C)CC2=O)C2(CCCC2)C1. The summed E-state index contributed by atoms with van der Waals surface area (Å²) in [7, 11) is 0. The highest BCUT2D eigenvalue weighted by atomic mass is 16.6. The van der Waals surface area contributed by atoms with Crippen molar-refractivity contribution < 1.29 is 24.2 Å². The third kappa shape index (κ3) is 6.43. The Kier molecular flexibility index (Phi) is 8.46. The van der Waals surface area contributed by atoms with Crippen LogP contribution < -0.4 is 0 Å². The maximum atomic E-state index is 13.5. The van der Waals surface area contributed by atoms with Gasteiger partial charge in [-0.25, -0.2) is 4.79 Å². The molecule has 0 aromatic carbocycles. The molecule has 2 atom stereocenters. The minimum Gasteiger partial charge on any atom is -0.444 e. The van der Waals surface area contributed by atoms with Gasteiger partial charge in [-0.1, -0.05) is 51.9 Å². The molecule has 4 aliphatic rings. The number of hydrogen-bond acceptors (Lipinski definition) is 5. The molecule has 0 radical (unpaired) electrons. The highest BCUT2D eigenvalue weighted by Crippen LogP contribution is 2.51. The van der Waals surface area contributed by atoms with Gasteiger partial charge < -0.3 is 19.6 Å². The highest BCUT2D eigenvalue weighted by molar-refractivity contribution is 5.83. The van der Waals surface area contributed by atoms with Crippen molar-refractivity contribution in [3.63, 3.8) is 0 Å². The van der Waals surface area contributed by atoms with Gasteiger partial charge in [-0.2, -0.15) is 0 Å². The maximum Gasteiger partial charge on any atom is 0.410 e. The molecule has 2 aliphatic heterocycles. The number of aliphatic hydroxyl groups is 1. The lowest BCUT2D eigenvalue weighted by Gasteiger charge is -2.54. The van der Waals surface area contributed by atoms with Gasteiger partial charge in [-0.3, -0.25) is 14.5 Å². The number of ether oxygens (including phenoxy) is 1. The Morgan fingerprint density at radius 2 is 1.68 bits per heavy atom. The van der Waals surface area contributed by atoms with Crippen LogP contribution >= 0.6 is 0 Å². The van der Waals surface area contributed by atoms with Gasteiger partial charge in [0.2, 0.25) is 11.8 Å². The van der Waals surface area contributed by atoms with Crippen molar-refractivity contribution in [1.29, 1.82) is 0 Å². The second-order valence-electron chi connectivity index (χ2n) is 13.4. The summed E-state index contributed by atoms with van der Waals surface area (Å²) in [4.78, 5) is 44.2. The number of carbonyl (C=O) groups is 3.